The largest absolute Gasteiger partial charge is 0.330 e. The molecule has 0 atom stereocenters. The maximum Gasteiger partial charge on any atom is 0.00199 e. The number of thioether (sulfide) groups is 1. The first-order chi connectivity index (χ1) is 6.90. The Kier molecular flexibility index (Phi) is 3.49. The standard InChI is InChI=1S/C12H17NS/c13-6-2-4-10-3-1-5-11(7-10)12-8-14-9-12/h1,3,5,7,12H,2,4,6,8-9,13H2. The molecule has 2 rings (SSSR count). The average Bonchev–Trinajstić information content (AvgIpc) is 2.13. The monoisotopic (exact) mass is 207 g/mol. The third-order valence-corrected chi connectivity index (χ3v) is 4.01. The van der Waals surface area contributed by atoms with E-state index in [4.69, 9.17) is 5.73 Å². The second kappa shape index (κ2) is 4.85. The molecule has 0 saturated carbocycles. The molecule has 0 amide bonds. The summed E-state index contributed by atoms with van der Waals surface area (Å²) in [5.41, 5.74) is 8.48. The molecule has 76 valence electrons. The van der Waals surface area contributed by atoms with Crippen LogP contribution >= 0.6 is 11.8 Å². The van der Waals surface area contributed by atoms with Crippen molar-refractivity contribution in [2.24, 2.45) is 5.73 Å². The zero-order chi connectivity index (χ0) is 9.80. The minimum Gasteiger partial charge on any atom is -0.330 e. The van der Waals surface area contributed by atoms with Gasteiger partial charge in [0.1, 0.15) is 0 Å². The van der Waals surface area contributed by atoms with Crippen LogP contribution in [0.1, 0.15) is 23.5 Å². The van der Waals surface area contributed by atoms with E-state index in [9.17, 15) is 0 Å². The van der Waals surface area contributed by atoms with Crippen LogP contribution in [0.15, 0.2) is 24.3 Å². The van der Waals surface area contributed by atoms with Crippen molar-refractivity contribution in [2.75, 3.05) is 18.1 Å². The summed E-state index contributed by atoms with van der Waals surface area (Å²) >= 11 is 2.04. The molecular weight excluding hydrogens is 190 g/mol. The van der Waals surface area contributed by atoms with E-state index in [1.807, 2.05) is 11.8 Å². The second-order valence-corrected chi connectivity index (χ2v) is 4.95. The topological polar surface area (TPSA) is 26.0 Å². The van der Waals surface area contributed by atoms with Gasteiger partial charge in [-0.15, -0.1) is 0 Å². The Balaban J connectivity index is 2.02. The van der Waals surface area contributed by atoms with E-state index >= 15 is 0 Å². The van der Waals surface area contributed by atoms with E-state index in [0.29, 0.717) is 0 Å². The smallest absolute Gasteiger partial charge is 0.00199 e. The molecule has 14 heavy (non-hydrogen) atoms. The predicted molar refractivity (Wildman–Crippen MR) is 63.9 cm³/mol. The molecule has 0 aromatic heterocycles. The molecule has 0 aliphatic carbocycles. The van der Waals surface area contributed by atoms with Crippen LogP contribution in [0.5, 0.6) is 0 Å². The predicted octanol–water partition coefficient (Wildman–Crippen LogP) is 2.41. The zero-order valence-corrected chi connectivity index (χ0v) is 9.22. The van der Waals surface area contributed by atoms with Crippen LogP contribution in [-0.2, 0) is 6.42 Å². The van der Waals surface area contributed by atoms with Gasteiger partial charge in [0.05, 0.1) is 0 Å². The molecule has 1 saturated heterocycles. The molecule has 1 nitrogen and oxygen atoms in total. The van der Waals surface area contributed by atoms with Gasteiger partial charge in [-0.05, 0) is 30.5 Å². The van der Waals surface area contributed by atoms with Gasteiger partial charge in [0.15, 0.2) is 0 Å². The van der Waals surface area contributed by atoms with Gasteiger partial charge in [-0.25, -0.2) is 0 Å². The molecule has 0 radical (unpaired) electrons. The number of rotatable bonds is 4. The average molecular weight is 207 g/mol. The Hall–Kier alpha value is -0.470. The van der Waals surface area contributed by atoms with E-state index in [1.165, 1.54) is 22.6 Å². The van der Waals surface area contributed by atoms with Crippen LogP contribution in [-0.4, -0.2) is 18.1 Å². The van der Waals surface area contributed by atoms with Gasteiger partial charge in [-0.2, -0.15) is 11.8 Å². The normalized spacial score (nSPS) is 16.6. The summed E-state index contributed by atoms with van der Waals surface area (Å²) in [5, 5.41) is 0. The molecule has 0 bridgehead atoms. The lowest BCUT2D eigenvalue weighted by molar-refractivity contribution is 0.817. The van der Waals surface area contributed by atoms with Crippen molar-refractivity contribution in [3.63, 3.8) is 0 Å². The number of hydrogen-bond acceptors (Lipinski definition) is 2. The minimum atomic E-state index is 0.795. The molecule has 0 spiro atoms. The fraction of sp³-hybridized carbons (Fsp3) is 0.500. The molecule has 2 heteroatoms. The van der Waals surface area contributed by atoms with Crippen LogP contribution < -0.4 is 5.73 Å². The summed E-state index contributed by atoms with van der Waals surface area (Å²) in [6, 6.07) is 9.02. The lowest BCUT2D eigenvalue weighted by Gasteiger charge is -2.25. The molecule has 1 heterocycles. The van der Waals surface area contributed by atoms with Crippen LogP contribution in [0, 0.1) is 0 Å². The highest BCUT2D eigenvalue weighted by Crippen LogP contribution is 2.34. The van der Waals surface area contributed by atoms with Crippen LogP contribution in [0.3, 0.4) is 0 Å². The van der Waals surface area contributed by atoms with Gasteiger partial charge < -0.3 is 5.73 Å². The van der Waals surface area contributed by atoms with Gasteiger partial charge in [0, 0.05) is 17.4 Å². The second-order valence-electron chi connectivity index (χ2n) is 3.87. The summed E-state index contributed by atoms with van der Waals surface area (Å²) in [4.78, 5) is 0. The SMILES string of the molecule is NCCCc1cccc(C2CSC2)c1. The van der Waals surface area contributed by atoms with Crippen LogP contribution in [0.4, 0.5) is 0 Å². The zero-order valence-electron chi connectivity index (χ0n) is 8.41. The van der Waals surface area contributed by atoms with Gasteiger partial charge in [0.25, 0.3) is 0 Å². The first-order valence-electron chi connectivity index (χ1n) is 5.27. The lowest BCUT2D eigenvalue weighted by atomic mass is 9.98. The first-order valence-corrected chi connectivity index (χ1v) is 6.42. The van der Waals surface area contributed by atoms with Gasteiger partial charge >= 0.3 is 0 Å². The van der Waals surface area contributed by atoms with Gasteiger partial charge in [0.2, 0.25) is 0 Å². The third-order valence-electron chi connectivity index (χ3n) is 2.73. The van der Waals surface area contributed by atoms with Crippen molar-refractivity contribution in [2.45, 2.75) is 18.8 Å². The summed E-state index contributed by atoms with van der Waals surface area (Å²) in [5.74, 6) is 3.43. The highest BCUT2D eigenvalue weighted by molar-refractivity contribution is 8.00. The van der Waals surface area contributed by atoms with E-state index in [1.54, 1.807) is 0 Å². The van der Waals surface area contributed by atoms with E-state index in [2.05, 4.69) is 24.3 Å². The van der Waals surface area contributed by atoms with Crippen molar-refractivity contribution >= 4 is 11.8 Å². The van der Waals surface area contributed by atoms with Crippen molar-refractivity contribution in [3.8, 4) is 0 Å². The number of hydrogen-bond donors (Lipinski definition) is 1. The summed E-state index contributed by atoms with van der Waals surface area (Å²) < 4.78 is 0. The Labute approximate surface area is 90.1 Å². The number of nitrogens with two attached hydrogens (primary N) is 1. The highest BCUT2D eigenvalue weighted by atomic mass is 32.2. The van der Waals surface area contributed by atoms with Gasteiger partial charge in [-0.1, -0.05) is 24.3 Å². The van der Waals surface area contributed by atoms with Crippen molar-refractivity contribution < 1.29 is 0 Å². The maximum atomic E-state index is 5.51. The molecule has 1 aromatic carbocycles. The van der Waals surface area contributed by atoms with E-state index in [0.717, 1.165) is 25.3 Å². The molecule has 1 aromatic rings. The quantitative estimate of drug-likeness (QED) is 0.820. The molecule has 1 fully saturated rings. The van der Waals surface area contributed by atoms with Crippen molar-refractivity contribution in [1.82, 2.24) is 0 Å². The fourth-order valence-corrected chi connectivity index (χ4v) is 2.59. The Morgan fingerprint density at radius 1 is 1.36 bits per heavy atom. The van der Waals surface area contributed by atoms with Crippen LogP contribution in [0.25, 0.3) is 0 Å². The Bertz CT molecular complexity index is 294. The summed E-state index contributed by atoms with van der Waals surface area (Å²) in [6.07, 6.45) is 2.23. The molecule has 1 aliphatic heterocycles. The van der Waals surface area contributed by atoms with Crippen LogP contribution in [0.2, 0.25) is 0 Å². The van der Waals surface area contributed by atoms with Gasteiger partial charge in [-0.3, -0.25) is 0 Å². The summed E-state index contributed by atoms with van der Waals surface area (Å²) in [7, 11) is 0. The Morgan fingerprint density at radius 2 is 2.21 bits per heavy atom. The lowest BCUT2D eigenvalue weighted by Crippen LogP contribution is -2.15. The van der Waals surface area contributed by atoms with Crippen molar-refractivity contribution in [3.05, 3.63) is 35.4 Å². The molecule has 2 N–H and O–H groups in total. The minimum absolute atomic E-state index is 0.795. The third kappa shape index (κ3) is 2.31. The highest BCUT2D eigenvalue weighted by Gasteiger charge is 2.19. The first kappa shape index (κ1) is 10.1. The van der Waals surface area contributed by atoms with E-state index < -0.39 is 0 Å². The van der Waals surface area contributed by atoms with Crippen molar-refractivity contribution in [1.29, 1.82) is 0 Å². The Morgan fingerprint density at radius 3 is 2.86 bits per heavy atom. The summed E-state index contributed by atoms with van der Waals surface area (Å²) in [6.45, 7) is 0.795. The maximum absolute atomic E-state index is 5.51. The molecular formula is C12H17NS. The number of aryl methyl sites for hydroxylation is 1. The number of benzene rings is 1. The fourth-order valence-electron chi connectivity index (χ4n) is 1.74. The molecule has 1 aliphatic rings. The molecule has 0 unspecified atom stereocenters. The van der Waals surface area contributed by atoms with E-state index in [-0.39, 0.29) is 0 Å².